The number of hydrogen-bond donors (Lipinski definition) is 2. The first-order valence-electron chi connectivity index (χ1n) is 3.92. The lowest BCUT2D eigenvalue weighted by Gasteiger charge is -2.14. The van der Waals surface area contributed by atoms with Crippen LogP contribution in [0.1, 0.15) is 19.4 Å². The molecule has 0 unspecified atom stereocenters. The zero-order chi connectivity index (χ0) is 10.1. The van der Waals surface area contributed by atoms with Gasteiger partial charge in [-0.15, -0.1) is 0 Å². The maximum Gasteiger partial charge on any atom is 0.490 e. The van der Waals surface area contributed by atoms with Gasteiger partial charge < -0.3 is 10.0 Å². The molecule has 0 radical (unpaired) electrons. The maximum atomic E-state index is 13.4. The smallest absolute Gasteiger partial charge is 0.423 e. The number of alkyl halides is 1. The number of rotatable bonds is 2. The Morgan fingerprint density at radius 1 is 1.38 bits per heavy atom. The molecular formula is C8H11BFNO2. The van der Waals surface area contributed by atoms with Gasteiger partial charge in [0, 0.05) is 23.4 Å². The summed E-state index contributed by atoms with van der Waals surface area (Å²) in [5.74, 6) is 0. The average molecular weight is 183 g/mol. The Morgan fingerprint density at radius 3 is 2.46 bits per heavy atom. The van der Waals surface area contributed by atoms with Crippen LogP contribution in [0.2, 0.25) is 0 Å². The van der Waals surface area contributed by atoms with Gasteiger partial charge in [0.25, 0.3) is 0 Å². The molecule has 0 aliphatic rings. The second kappa shape index (κ2) is 3.43. The SMILES string of the molecule is CC(C)(F)c1cncc(B(O)O)c1. The van der Waals surface area contributed by atoms with Crippen molar-refractivity contribution in [1.29, 1.82) is 0 Å². The van der Waals surface area contributed by atoms with Gasteiger partial charge in [0.2, 0.25) is 0 Å². The number of hydrogen-bond acceptors (Lipinski definition) is 3. The quantitative estimate of drug-likeness (QED) is 0.632. The van der Waals surface area contributed by atoms with Crippen LogP contribution in [-0.4, -0.2) is 22.2 Å². The molecule has 0 saturated carbocycles. The number of aromatic nitrogens is 1. The molecule has 0 atom stereocenters. The summed E-state index contributed by atoms with van der Waals surface area (Å²) in [5, 5.41) is 17.6. The van der Waals surface area contributed by atoms with Crippen LogP contribution in [0.5, 0.6) is 0 Å². The molecule has 0 amide bonds. The van der Waals surface area contributed by atoms with Crippen molar-refractivity contribution in [2.45, 2.75) is 19.5 Å². The molecule has 1 rings (SSSR count). The molecule has 70 valence electrons. The fourth-order valence-corrected chi connectivity index (χ4v) is 0.924. The number of halogens is 1. The lowest BCUT2D eigenvalue weighted by atomic mass is 9.80. The molecule has 0 spiro atoms. The van der Waals surface area contributed by atoms with Crippen molar-refractivity contribution in [2.75, 3.05) is 0 Å². The van der Waals surface area contributed by atoms with E-state index in [4.69, 9.17) is 10.0 Å². The van der Waals surface area contributed by atoms with Crippen molar-refractivity contribution in [3.05, 3.63) is 24.0 Å². The van der Waals surface area contributed by atoms with E-state index in [9.17, 15) is 4.39 Å². The molecule has 1 aromatic heterocycles. The fourth-order valence-electron chi connectivity index (χ4n) is 0.924. The third kappa shape index (κ3) is 2.50. The Bertz CT molecular complexity index is 298. The molecule has 0 fully saturated rings. The van der Waals surface area contributed by atoms with Crippen molar-refractivity contribution >= 4 is 12.6 Å². The summed E-state index contributed by atoms with van der Waals surface area (Å²) >= 11 is 0. The molecule has 2 N–H and O–H groups in total. The Balaban J connectivity index is 3.06. The third-order valence-corrected chi connectivity index (χ3v) is 1.74. The predicted octanol–water partition coefficient (Wildman–Crippen LogP) is -0.0340. The van der Waals surface area contributed by atoms with Crippen LogP contribution in [0.3, 0.4) is 0 Å². The van der Waals surface area contributed by atoms with Gasteiger partial charge in [0.05, 0.1) is 0 Å². The zero-order valence-electron chi connectivity index (χ0n) is 7.53. The fraction of sp³-hybridized carbons (Fsp3) is 0.375. The highest BCUT2D eigenvalue weighted by atomic mass is 19.1. The van der Waals surface area contributed by atoms with Crippen molar-refractivity contribution < 1.29 is 14.4 Å². The summed E-state index contributed by atoms with van der Waals surface area (Å²) < 4.78 is 13.4. The Kier molecular flexibility index (Phi) is 2.68. The van der Waals surface area contributed by atoms with E-state index < -0.39 is 12.8 Å². The van der Waals surface area contributed by atoms with Gasteiger partial charge in [0.15, 0.2) is 0 Å². The molecule has 0 aromatic carbocycles. The topological polar surface area (TPSA) is 53.4 Å². The molecule has 13 heavy (non-hydrogen) atoms. The van der Waals surface area contributed by atoms with Gasteiger partial charge in [0.1, 0.15) is 5.67 Å². The summed E-state index contributed by atoms with van der Waals surface area (Å²) in [7, 11) is -1.60. The molecule has 0 aliphatic carbocycles. The summed E-state index contributed by atoms with van der Waals surface area (Å²) in [6.07, 6.45) is 2.66. The molecule has 1 heterocycles. The van der Waals surface area contributed by atoms with E-state index in [1.807, 2.05) is 0 Å². The summed E-state index contributed by atoms with van der Waals surface area (Å²) in [5.41, 5.74) is -0.987. The molecule has 5 heteroatoms. The lowest BCUT2D eigenvalue weighted by Crippen LogP contribution is -2.31. The summed E-state index contributed by atoms with van der Waals surface area (Å²) in [4.78, 5) is 3.71. The van der Waals surface area contributed by atoms with E-state index >= 15 is 0 Å². The third-order valence-electron chi connectivity index (χ3n) is 1.74. The van der Waals surface area contributed by atoms with Gasteiger partial charge in [-0.05, 0) is 13.8 Å². The first kappa shape index (κ1) is 10.1. The Hall–Kier alpha value is -0.935. The minimum absolute atomic E-state index is 0.197. The maximum absolute atomic E-state index is 13.4. The van der Waals surface area contributed by atoms with E-state index in [0.29, 0.717) is 5.56 Å². The molecule has 1 aromatic rings. The van der Waals surface area contributed by atoms with Crippen LogP contribution < -0.4 is 5.46 Å². The van der Waals surface area contributed by atoms with Crippen LogP contribution in [0.4, 0.5) is 4.39 Å². The highest BCUT2D eigenvalue weighted by Gasteiger charge is 2.21. The normalized spacial score (nSPS) is 11.5. The van der Waals surface area contributed by atoms with Crippen LogP contribution >= 0.6 is 0 Å². The van der Waals surface area contributed by atoms with Crippen molar-refractivity contribution in [2.24, 2.45) is 0 Å². The van der Waals surface area contributed by atoms with E-state index in [1.54, 1.807) is 0 Å². The number of pyridine rings is 1. The minimum atomic E-state index is -1.60. The Morgan fingerprint density at radius 2 is 2.00 bits per heavy atom. The summed E-state index contributed by atoms with van der Waals surface area (Å²) in [6.45, 7) is 2.77. The van der Waals surface area contributed by atoms with Gasteiger partial charge in [-0.2, -0.15) is 0 Å². The van der Waals surface area contributed by atoms with Gasteiger partial charge in [-0.25, -0.2) is 4.39 Å². The molecular weight excluding hydrogens is 172 g/mol. The molecule has 0 saturated heterocycles. The average Bonchev–Trinajstić information content (AvgIpc) is 2.03. The standard InChI is InChI=1S/C8H11BFNO2/c1-8(2,10)6-3-7(9(12)13)5-11-4-6/h3-5,12-13H,1-2H3. The minimum Gasteiger partial charge on any atom is -0.423 e. The zero-order valence-corrected chi connectivity index (χ0v) is 7.53. The van der Waals surface area contributed by atoms with Crippen LogP contribution in [0.15, 0.2) is 18.5 Å². The predicted molar refractivity (Wildman–Crippen MR) is 48.2 cm³/mol. The van der Waals surface area contributed by atoms with Crippen molar-refractivity contribution in [3.8, 4) is 0 Å². The van der Waals surface area contributed by atoms with Crippen molar-refractivity contribution in [3.63, 3.8) is 0 Å². The van der Waals surface area contributed by atoms with E-state index in [0.717, 1.165) is 0 Å². The number of nitrogens with zero attached hydrogens (tertiary/aromatic N) is 1. The van der Waals surface area contributed by atoms with Gasteiger partial charge >= 0.3 is 7.12 Å². The van der Waals surface area contributed by atoms with Gasteiger partial charge in [-0.3, -0.25) is 4.98 Å². The first-order chi connectivity index (χ1) is 5.91. The first-order valence-corrected chi connectivity index (χ1v) is 3.92. The van der Waals surface area contributed by atoms with Crippen LogP contribution in [0, 0.1) is 0 Å². The van der Waals surface area contributed by atoms with Crippen molar-refractivity contribution in [1.82, 2.24) is 4.98 Å². The van der Waals surface area contributed by atoms with Crippen LogP contribution in [-0.2, 0) is 5.67 Å². The Labute approximate surface area is 76.4 Å². The van der Waals surface area contributed by atoms with Gasteiger partial charge in [-0.1, -0.05) is 6.07 Å². The molecule has 0 aliphatic heterocycles. The van der Waals surface area contributed by atoms with Crippen LogP contribution in [0.25, 0.3) is 0 Å². The highest BCUT2D eigenvalue weighted by molar-refractivity contribution is 6.58. The second-order valence-electron chi connectivity index (χ2n) is 3.35. The van der Waals surface area contributed by atoms with E-state index in [-0.39, 0.29) is 5.46 Å². The summed E-state index contributed by atoms with van der Waals surface area (Å²) in [6, 6.07) is 1.39. The van der Waals surface area contributed by atoms with E-state index in [1.165, 1.54) is 32.3 Å². The lowest BCUT2D eigenvalue weighted by molar-refractivity contribution is 0.221. The monoisotopic (exact) mass is 183 g/mol. The second-order valence-corrected chi connectivity index (χ2v) is 3.35. The molecule has 0 bridgehead atoms. The molecule has 3 nitrogen and oxygen atoms in total. The largest absolute Gasteiger partial charge is 0.490 e. The highest BCUT2D eigenvalue weighted by Crippen LogP contribution is 2.22. The van der Waals surface area contributed by atoms with E-state index in [2.05, 4.69) is 4.98 Å².